The van der Waals surface area contributed by atoms with Crippen molar-refractivity contribution in [1.29, 1.82) is 0 Å². The highest BCUT2D eigenvalue weighted by Crippen LogP contribution is 2.25. The van der Waals surface area contributed by atoms with Gasteiger partial charge in [0.05, 0.1) is 11.7 Å². The van der Waals surface area contributed by atoms with Crippen LogP contribution in [0.2, 0.25) is 0 Å². The number of aliphatic hydroxyl groups excluding tert-OH is 1. The molecule has 1 aromatic carbocycles. The molecular weight excluding hydrogens is 254 g/mol. The minimum Gasteiger partial charge on any atom is -0.399 e. The molecule has 2 atom stereocenters. The lowest BCUT2D eigenvalue weighted by Gasteiger charge is -2.18. The van der Waals surface area contributed by atoms with E-state index in [2.05, 4.69) is 5.32 Å². The zero-order valence-corrected chi connectivity index (χ0v) is 12.1. The van der Waals surface area contributed by atoms with Crippen LogP contribution in [0.3, 0.4) is 0 Å². The highest BCUT2D eigenvalue weighted by atomic mass is 16.3. The van der Waals surface area contributed by atoms with Gasteiger partial charge in [-0.05, 0) is 43.4 Å². The summed E-state index contributed by atoms with van der Waals surface area (Å²) in [5.74, 6) is 0.264. The summed E-state index contributed by atoms with van der Waals surface area (Å²) in [5, 5.41) is 12.5. The van der Waals surface area contributed by atoms with Gasteiger partial charge < -0.3 is 21.1 Å². The molecule has 20 heavy (non-hydrogen) atoms. The molecule has 2 rings (SSSR count). The fourth-order valence-corrected chi connectivity index (χ4v) is 2.69. The molecule has 5 nitrogen and oxygen atoms in total. The molecule has 0 spiro atoms. The molecule has 0 saturated heterocycles. The Balaban J connectivity index is 2.03. The Morgan fingerprint density at radius 1 is 1.45 bits per heavy atom. The van der Waals surface area contributed by atoms with E-state index >= 15 is 0 Å². The SMILES string of the molecule is CN(C)c1ccc(N)cc1C(=O)NCC1CCC(O)C1. The average Bonchev–Trinajstić information content (AvgIpc) is 2.81. The third-order valence-corrected chi connectivity index (χ3v) is 3.81. The van der Waals surface area contributed by atoms with Crippen LogP contribution in [-0.4, -0.2) is 37.8 Å². The van der Waals surface area contributed by atoms with Gasteiger partial charge in [-0.25, -0.2) is 0 Å². The number of amides is 1. The molecule has 2 unspecified atom stereocenters. The predicted octanol–water partition coefficient (Wildman–Crippen LogP) is 1.23. The number of nitrogen functional groups attached to an aromatic ring is 1. The number of nitrogens with one attached hydrogen (secondary N) is 1. The Morgan fingerprint density at radius 3 is 2.80 bits per heavy atom. The first-order valence-corrected chi connectivity index (χ1v) is 7.00. The number of carbonyl (C=O) groups excluding carboxylic acids is 1. The summed E-state index contributed by atoms with van der Waals surface area (Å²) in [4.78, 5) is 14.2. The maximum atomic E-state index is 12.3. The second kappa shape index (κ2) is 6.13. The summed E-state index contributed by atoms with van der Waals surface area (Å²) in [6, 6.07) is 5.34. The summed E-state index contributed by atoms with van der Waals surface area (Å²) in [6.45, 7) is 0.609. The quantitative estimate of drug-likeness (QED) is 0.723. The fraction of sp³-hybridized carbons (Fsp3) is 0.533. The van der Waals surface area contributed by atoms with Crippen molar-refractivity contribution in [2.45, 2.75) is 25.4 Å². The summed E-state index contributed by atoms with van der Waals surface area (Å²) >= 11 is 0. The maximum Gasteiger partial charge on any atom is 0.253 e. The molecule has 1 aliphatic rings. The van der Waals surface area contributed by atoms with Gasteiger partial charge in [-0.15, -0.1) is 0 Å². The number of anilines is 2. The molecule has 4 N–H and O–H groups in total. The first kappa shape index (κ1) is 14.7. The lowest BCUT2D eigenvalue weighted by Crippen LogP contribution is -2.30. The van der Waals surface area contributed by atoms with Crippen molar-refractivity contribution in [2.75, 3.05) is 31.3 Å². The van der Waals surface area contributed by atoms with Crippen molar-refractivity contribution in [3.8, 4) is 0 Å². The predicted molar refractivity (Wildman–Crippen MR) is 80.9 cm³/mol. The normalized spacial score (nSPS) is 21.8. The fourth-order valence-electron chi connectivity index (χ4n) is 2.69. The van der Waals surface area contributed by atoms with Crippen LogP contribution in [-0.2, 0) is 0 Å². The van der Waals surface area contributed by atoms with Crippen LogP contribution < -0.4 is 16.0 Å². The number of nitrogens with two attached hydrogens (primary N) is 1. The highest BCUT2D eigenvalue weighted by molar-refractivity contribution is 6.00. The summed E-state index contributed by atoms with van der Waals surface area (Å²) < 4.78 is 0. The second-order valence-electron chi connectivity index (χ2n) is 5.71. The summed E-state index contributed by atoms with van der Waals surface area (Å²) in [6.07, 6.45) is 2.37. The Bertz CT molecular complexity index is 488. The average molecular weight is 277 g/mol. The maximum absolute atomic E-state index is 12.3. The first-order valence-electron chi connectivity index (χ1n) is 7.00. The third-order valence-electron chi connectivity index (χ3n) is 3.81. The monoisotopic (exact) mass is 277 g/mol. The van der Waals surface area contributed by atoms with E-state index in [0.29, 0.717) is 23.7 Å². The van der Waals surface area contributed by atoms with Crippen molar-refractivity contribution >= 4 is 17.3 Å². The Labute approximate surface area is 119 Å². The Morgan fingerprint density at radius 2 is 2.20 bits per heavy atom. The first-order chi connectivity index (χ1) is 9.47. The second-order valence-corrected chi connectivity index (χ2v) is 5.71. The molecule has 0 bridgehead atoms. The molecule has 1 aliphatic carbocycles. The van der Waals surface area contributed by atoms with Crippen molar-refractivity contribution in [3.63, 3.8) is 0 Å². The van der Waals surface area contributed by atoms with Gasteiger partial charge in [-0.1, -0.05) is 0 Å². The lowest BCUT2D eigenvalue weighted by atomic mass is 10.1. The number of benzene rings is 1. The van der Waals surface area contributed by atoms with Crippen molar-refractivity contribution < 1.29 is 9.90 Å². The minimum atomic E-state index is -0.207. The summed E-state index contributed by atoms with van der Waals surface area (Å²) in [5.41, 5.74) is 7.79. The van der Waals surface area contributed by atoms with Crippen LogP contribution in [0.15, 0.2) is 18.2 Å². The van der Waals surface area contributed by atoms with Gasteiger partial charge in [0.15, 0.2) is 0 Å². The van der Waals surface area contributed by atoms with Crippen LogP contribution in [0.25, 0.3) is 0 Å². The van der Waals surface area contributed by atoms with E-state index < -0.39 is 0 Å². The van der Waals surface area contributed by atoms with E-state index in [1.807, 2.05) is 25.1 Å². The van der Waals surface area contributed by atoms with Crippen LogP contribution in [0.4, 0.5) is 11.4 Å². The van der Waals surface area contributed by atoms with E-state index in [1.165, 1.54) is 0 Å². The molecule has 1 saturated carbocycles. The molecule has 0 aliphatic heterocycles. The Hall–Kier alpha value is -1.75. The lowest BCUT2D eigenvalue weighted by molar-refractivity contribution is 0.0945. The summed E-state index contributed by atoms with van der Waals surface area (Å²) in [7, 11) is 3.80. The van der Waals surface area contributed by atoms with Gasteiger partial charge in [0, 0.05) is 32.0 Å². The topological polar surface area (TPSA) is 78.6 Å². The van der Waals surface area contributed by atoms with E-state index in [0.717, 1.165) is 24.9 Å². The number of aliphatic hydroxyl groups is 1. The van der Waals surface area contributed by atoms with Crippen LogP contribution in [0.1, 0.15) is 29.6 Å². The van der Waals surface area contributed by atoms with E-state index in [4.69, 9.17) is 5.73 Å². The minimum absolute atomic E-state index is 0.109. The van der Waals surface area contributed by atoms with Gasteiger partial charge in [-0.2, -0.15) is 0 Å². The van der Waals surface area contributed by atoms with Crippen molar-refractivity contribution in [3.05, 3.63) is 23.8 Å². The number of hydrogen-bond acceptors (Lipinski definition) is 4. The largest absolute Gasteiger partial charge is 0.399 e. The van der Waals surface area contributed by atoms with E-state index in [9.17, 15) is 9.90 Å². The smallest absolute Gasteiger partial charge is 0.253 e. The number of carbonyl (C=O) groups is 1. The van der Waals surface area contributed by atoms with E-state index in [-0.39, 0.29) is 12.0 Å². The van der Waals surface area contributed by atoms with Gasteiger partial charge in [0.2, 0.25) is 0 Å². The van der Waals surface area contributed by atoms with Crippen LogP contribution in [0.5, 0.6) is 0 Å². The van der Waals surface area contributed by atoms with Gasteiger partial charge in [0.1, 0.15) is 0 Å². The molecule has 1 aromatic rings. The molecule has 5 heteroatoms. The molecule has 110 valence electrons. The number of nitrogens with zero attached hydrogens (tertiary/aromatic N) is 1. The van der Waals surface area contributed by atoms with Gasteiger partial charge in [-0.3, -0.25) is 4.79 Å². The zero-order valence-electron chi connectivity index (χ0n) is 12.1. The third kappa shape index (κ3) is 3.42. The molecule has 0 aromatic heterocycles. The van der Waals surface area contributed by atoms with Crippen LogP contribution in [0, 0.1) is 5.92 Å². The standard InChI is InChI=1S/C15H23N3O2/c1-18(2)14-6-4-11(16)8-13(14)15(20)17-9-10-3-5-12(19)7-10/h4,6,8,10,12,19H,3,5,7,9,16H2,1-2H3,(H,17,20). The van der Waals surface area contributed by atoms with Crippen molar-refractivity contribution in [2.24, 2.45) is 5.92 Å². The number of hydrogen-bond donors (Lipinski definition) is 3. The molecule has 0 heterocycles. The van der Waals surface area contributed by atoms with Gasteiger partial charge in [0.25, 0.3) is 5.91 Å². The van der Waals surface area contributed by atoms with Crippen LogP contribution >= 0.6 is 0 Å². The Kier molecular flexibility index (Phi) is 4.49. The highest BCUT2D eigenvalue weighted by Gasteiger charge is 2.23. The molecule has 1 fully saturated rings. The molecule has 1 amide bonds. The zero-order chi connectivity index (χ0) is 14.7. The van der Waals surface area contributed by atoms with E-state index in [1.54, 1.807) is 12.1 Å². The number of rotatable bonds is 4. The van der Waals surface area contributed by atoms with Gasteiger partial charge >= 0.3 is 0 Å². The molecule has 0 radical (unpaired) electrons. The molecular formula is C15H23N3O2. The van der Waals surface area contributed by atoms with Crippen molar-refractivity contribution in [1.82, 2.24) is 5.32 Å².